The van der Waals surface area contributed by atoms with Gasteiger partial charge in [0, 0.05) is 5.69 Å². The summed E-state index contributed by atoms with van der Waals surface area (Å²) in [5.74, 6) is -2.26. The molecule has 0 atom stereocenters. The van der Waals surface area contributed by atoms with E-state index < -0.39 is 47.6 Å². The van der Waals surface area contributed by atoms with Crippen LogP contribution in [0.2, 0.25) is 0 Å². The third kappa shape index (κ3) is 5.60. The third-order valence-corrected chi connectivity index (χ3v) is 3.39. The second-order valence-corrected chi connectivity index (χ2v) is 5.54. The summed E-state index contributed by atoms with van der Waals surface area (Å²) in [7, 11) is 0. The zero-order chi connectivity index (χ0) is 20.4. The van der Waals surface area contributed by atoms with Crippen LogP contribution in [-0.2, 0) is 17.1 Å². The lowest BCUT2D eigenvalue weighted by Crippen LogP contribution is -2.21. The molecule has 0 aliphatic carbocycles. The Morgan fingerprint density at radius 2 is 1.52 bits per heavy atom. The Balaban J connectivity index is 2.14. The molecule has 0 heterocycles. The van der Waals surface area contributed by atoms with E-state index in [1.54, 1.807) is 0 Å². The lowest BCUT2D eigenvalue weighted by Gasteiger charge is -2.14. The van der Waals surface area contributed by atoms with E-state index in [4.69, 9.17) is 4.74 Å². The molecule has 2 aromatic rings. The van der Waals surface area contributed by atoms with Gasteiger partial charge in [-0.25, -0.2) is 4.39 Å². The van der Waals surface area contributed by atoms with Gasteiger partial charge in [0.25, 0.3) is 5.91 Å². The maximum Gasteiger partial charge on any atom is 0.416 e. The molecule has 0 aromatic heterocycles. The molecule has 0 spiro atoms. The van der Waals surface area contributed by atoms with E-state index in [1.165, 1.54) is 19.1 Å². The Labute approximate surface area is 148 Å². The normalized spacial score (nSPS) is 12.0. The van der Waals surface area contributed by atoms with Crippen molar-refractivity contribution < 1.29 is 40.3 Å². The number of anilines is 1. The minimum absolute atomic E-state index is 0.0536. The van der Waals surface area contributed by atoms with E-state index in [0.717, 1.165) is 6.07 Å². The van der Waals surface area contributed by atoms with Gasteiger partial charge in [-0.2, -0.15) is 26.3 Å². The number of alkyl halides is 6. The number of carbonyl (C=O) groups excluding carboxylic acids is 1. The maximum atomic E-state index is 13.4. The minimum atomic E-state index is -5.03. The van der Waals surface area contributed by atoms with E-state index in [-0.39, 0.29) is 11.8 Å². The van der Waals surface area contributed by atoms with Crippen LogP contribution in [0.25, 0.3) is 0 Å². The summed E-state index contributed by atoms with van der Waals surface area (Å²) in [5.41, 5.74) is -2.73. The molecule has 1 N–H and O–H groups in total. The van der Waals surface area contributed by atoms with Crippen LogP contribution in [0.4, 0.5) is 36.4 Å². The van der Waals surface area contributed by atoms with Crippen molar-refractivity contribution in [3.63, 3.8) is 0 Å². The third-order valence-electron chi connectivity index (χ3n) is 3.39. The lowest BCUT2D eigenvalue weighted by molar-refractivity contribution is -0.143. The summed E-state index contributed by atoms with van der Waals surface area (Å²) in [6.07, 6.45) is -10.1. The number of hydrogen-bond donors (Lipinski definition) is 1. The van der Waals surface area contributed by atoms with E-state index >= 15 is 0 Å². The maximum absolute atomic E-state index is 13.4. The van der Waals surface area contributed by atoms with Crippen molar-refractivity contribution in [1.82, 2.24) is 0 Å². The first-order chi connectivity index (χ1) is 12.4. The zero-order valence-corrected chi connectivity index (χ0v) is 13.6. The molecule has 0 unspecified atom stereocenters. The molecule has 3 nitrogen and oxygen atoms in total. The first-order valence-corrected chi connectivity index (χ1v) is 7.34. The smallest absolute Gasteiger partial charge is 0.416 e. The first-order valence-electron chi connectivity index (χ1n) is 7.34. The van der Waals surface area contributed by atoms with E-state index in [1.807, 2.05) is 0 Å². The van der Waals surface area contributed by atoms with Crippen molar-refractivity contribution in [3.8, 4) is 5.75 Å². The average Bonchev–Trinajstić information content (AvgIpc) is 2.54. The molecule has 0 saturated heterocycles. The summed E-state index contributed by atoms with van der Waals surface area (Å²) in [6.45, 7) is 0.629. The molecule has 0 fully saturated rings. The minimum Gasteiger partial charge on any atom is -0.484 e. The number of carbonyl (C=O) groups is 1. The van der Waals surface area contributed by atoms with Gasteiger partial charge >= 0.3 is 12.4 Å². The largest absolute Gasteiger partial charge is 0.484 e. The molecular weight excluding hydrogens is 383 g/mol. The van der Waals surface area contributed by atoms with Crippen molar-refractivity contribution in [1.29, 1.82) is 0 Å². The molecule has 27 heavy (non-hydrogen) atoms. The molecule has 0 aliphatic heterocycles. The van der Waals surface area contributed by atoms with Gasteiger partial charge in [0.2, 0.25) is 0 Å². The number of hydrogen-bond acceptors (Lipinski definition) is 2. The van der Waals surface area contributed by atoms with Crippen LogP contribution in [0, 0.1) is 12.7 Å². The fraction of sp³-hybridized carbons (Fsp3) is 0.235. The summed E-state index contributed by atoms with van der Waals surface area (Å²) >= 11 is 0. The van der Waals surface area contributed by atoms with Gasteiger partial charge < -0.3 is 10.1 Å². The highest BCUT2D eigenvalue weighted by Crippen LogP contribution is 2.38. The van der Waals surface area contributed by atoms with Crippen molar-refractivity contribution in [2.75, 3.05) is 11.9 Å². The molecule has 0 radical (unpaired) electrons. The Hall–Kier alpha value is -2.78. The van der Waals surface area contributed by atoms with Gasteiger partial charge in [-0.05, 0) is 42.8 Å². The van der Waals surface area contributed by atoms with Gasteiger partial charge in [0.15, 0.2) is 6.61 Å². The number of benzene rings is 2. The topological polar surface area (TPSA) is 38.3 Å². The van der Waals surface area contributed by atoms with Crippen molar-refractivity contribution >= 4 is 11.6 Å². The van der Waals surface area contributed by atoms with Crippen molar-refractivity contribution in [2.45, 2.75) is 19.3 Å². The Bertz CT molecular complexity index is 812. The lowest BCUT2D eigenvalue weighted by atomic mass is 10.1. The summed E-state index contributed by atoms with van der Waals surface area (Å²) < 4.78 is 94.7. The van der Waals surface area contributed by atoms with E-state index in [2.05, 4.69) is 5.32 Å². The first kappa shape index (κ1) is 20.5. The molecule has 0 saturated carbocycles. The standard InChI is InChI=1S/C17H12F7NO2/c1-9-2-3-12(7-14(9)18)25-15(26)8-27-13-5-10(16(19,20)21)4-11(6-13)17(22,23)24/h2-7H,8H2,1H3,(H,25,26). The summed E-state index contributed by atoms with van der Waals surface area (Å²) in [4.78, 5) is 11.7. The van der Waals surface area contributed by atoms with Crippen LogP contribution < -0.4 is 10.1 Å². The Morgan fingerprint density at radius 3 is 2.00 bits per heavy atom. The zero-order valence-electron chi connectivity index (χ0n) is 13.6. The predicted octanol–water partition coefficient (Wildman–Crippen LogP) is 5.19. The van der Waals surface area contributed by atoms with Crippen LogP contribution in [0.5, 0.6) is 5.75 Å². The number of halogens is 7. The number of ether oxygens (including phenoxy) is 1. The number of nitrogens with one attached hydrogen (secondary N) is 1. The number of aryl methyl sites for hydroxylation is 1. The van der Waals surface area contributed by atoms with Crippen LogP contribution >= 0.6 is 0 Å². The average molecular weight is 395 g/mol. The molecule has 146 valence electrons. The van der Waals surface area contributed by atoms with Gasteiger partial charge in [0.05, 0.1) is 11.1 Å². The van der Waals surface area contributed by atoms with Crippen molar-refractivity contribution in [3.05, 3.63) is 58.9 Å². The van der Waals surface area contributed by atoms with Crippen LogP contribution in [0.1, 0.15) is 16.7 Å². The predicted molar refractivity (Wildman–Crippen MR) is 81.7 cm³/mol. The number of amides is 1. The molecule has 2 rings (SSSR count). The highest BCUT2D eigenvalue weighted by atomic mass is 19.4. The summed E-state index contributed by atoms with van der Waals surface area (Å²) in [6, 6.07) is 4.43. The molecule has 2 aromatic carbocycles. The second-order valence-electron chi connectivity index (χ2n) is 5.54. The van der Waals surface area contributed by atoms with Gasteiger partial charge in [-0.1, -0.05) is 6.07 Å². The Kier molecular flexibility index (Phi) is 5.67. The fourth-order valence-electron chi connectivity index (χ4n) is 2.03. The molecule has 0 aliphatic rings. The van der Waals surface area contributed by atoms with Crippen LogP contribution in [0.15, 0.2) is 36.4 Å². The Morgan fingerprint density at radius 1 is 0.963 bits per heavy atom. The quantitative estimate of drug-likeness (QED) is 0.724. The van der Waals surface area contributed by atoms with Gasteiger partial charge in [-0.15, -0.1) is 0 Å². The number of rotatable bonds is 4. The van der Waals surface area contributed by atoms with E-state index in [0.29, 0.717) is 17.7 Å². The monoisotopic (exact) mass is 395 g/mol. The molecule has 0 bridgehead atoms. The fourth-order valence-corrected chi connectivity index (χ4v) is 2.03. The second kappa shape index (κ2) is 7.45. The van der Waals surface area contributed by atoms with Gasteiger partial charge in [0.1, 0.15) is 11.6 Å². The van der Waals surface area contributed by atoms with Crippen LogP contribution in [0.3, 0.4) is 0 Å². The molecular formula is C17H12F7NO2. The molecule has 1 amide bonds. The highest BCUT2D eigenvalue weighted by molar-refractivity contribution is 5.91. The molecule has 10 heteroatoms. The van der Waals surface area contributed by atoms with Crippen LogP contribution in [-0.4, -0.2) is 12.5 Å². The van der Waals surface area contributed by atoms with E-state index in [9.17, 15) is 35.5 Å². The van der Waals surface area contributed by atoms with Gasteiger partial charge in [-0.3, -0.25) is 4.79 Å². The highest BCUT2D eigenvalue weighted by Gasteiger charge is 2.37. The SMILES string of the molecule is Cc1ccc(NC(=O)COc2cc(C(F)(F)F)cc(C(F)(F)F)c2)cc1F. The summed E-state index contributed by atoms with van der Waals surface area (Å²) in [5, 5.41) is 2.22. The van der Waals surface area contributed by atoms with Crippen molar-refractivity contribution in [2.24, 2.45) is 0 Å².